The fraction of sp³-hybridized carbons (Fsp3) is 0.316. The number of aromatic nitrogens is 3. The van der Waals surface area contributed by atoms with Crippen LogP contribution in [0.25, 0.3) is 11.0 Å². The Balaban J connectivity index is 1.35. The molecule has 9 heteroatoms. The van der Waals surface area contributed by atoms with Gasteiger partial charge in [0.15, 0.2) is 11.6 Å². The van der Waals surface area contributed by atoms with Crippen molar-refractivity contribution in [1.29, 1.82) is 0 Å². The van der Waals surface area contributed by atoms with Gasteiger partial charge in [0, 0.05) is 37.1 Å². The van der Waals surface area contributed by atoms with Crippen LogP contribution in [0, 0.1) is 11.6 Å². The van der Waals surface area contributed by atoms with E-state index < -0.39 is 11.6 Å². The second-order valence-electron chi connectivity index (χ2n) is 6.77. The third-order valence-electron chi connectivity index (χ3n) is 4.79. The molecule has 1 aliphatic heterocycles. The predicted octanol–water partition coefficient (Wildman–Crippen LogP) is 2.43. The Kier molecular flexibility index (Phi) is 5.05. The molecule has 1 unspecified atom stereocenters. The zero-order valence-corrected chi connectivity index (χ0v) is 15.1. The highest BCUT2D eigenvalue weighted by Crippen LogP contribution is 2.25. The van der Waals surface area contributed by atoms with Gasteiger partial charge in [-0.15, -0.1) is 0 Å². The standard InChI is InChI=1S/C19H20F2N6O/c20-15-4-3-12(8-16(15)21)23-9-17(28)26-13-2-1-7-27(10-13)19-14-5-6-22-18(14)24-11-25-19/h3-6,8,11,13,23H,1-2,7,9-10H2,(H,26,28)(H,22,24,25). The average Bonchev–Trinajstić information content (AvgIpc) is 3.18. The number of nitrogens with zero attached hydrogens (tertiary/aromatic N) is 3. The number of piperidine rings is 1. The van der Waals surface area contributed by atoms with Crippen molar-refractivity contribution in [3.05, 3.63) is 48.4 Å². The van der Waals surface area contributed by atoms with E-state index >= 15 is 0 Å². The van der Waals surface area contributed by atoms with E-state index in [2.05, 4.69) is 30.5 Å². The molecular formula is C19H20F2N6O. The van der Waals surface area contributed by atoms with Crippen LogP contribution in [-0.4, -0.2) is 46.5 Å². The Morgan fingerprint density at radius 2 is 2.14 bits per heavy atom. The number of rotatable bonds is 5. The third kappa shape index (κ3) is 3.88. The molecule has 3 N–H and O–H groups in total. The first-order valence-corrected chi connectivity index (χ1v) is 9.11. The number of hydrogen-bond donors (Lipinski definition) is 3. The molecule has 1 aliphatic rings. The molecule has 1 saturated heterocycles. The van der Waals surface area contributed by atoms with Crippen LogP contribution in [0.2, 0.25) is 0 Å². The van der Waals surface area contributed by atoms with Crippen LogP contribution in [0.3, 0.4) is 0 Å². The first-order valence-electron chi connectivity index (χ1n) is 9.11. The molecular weight excluding hydrogens is 366 g/mol. The average molecular weight is 386 g/mol. The lowest BCUT2D eigenvalue weighted by molar-refractivity contribution is -0.120. The van der Waals surface area contributed by atoms with Gasteiger partial charge in [0.05, 0.1) is 11.9 Å². The highest BCUT2D eigenvalue weighted by Gasteiger charge is 2.23. The van der Waals surface area contributed by atoms with Crippen molar-refractivity contribution in [1.82, 2.24) is 20.3 Å². The minimum absolute atomic E-state index is 0.0167. The van der Waals surface area contributed by atoms with Gasteiger partial charge in [0.25, 0.3) is 0 Å². The lowest BCUT2D eigenvalue weighted by atomic mass is 10.1. The zero-order valence-electron chi connectivity index (χ0n) is 15.1. The van der Waals surface area contributed by atoms with Gasteiger partial charge in [0.2, 0.25) is 5.91 Å². The molecule has 0 radical (unpaired) electrons. The molecule has 1 atom stereocenters. The zero-order chi connectivity index (χ0) is 19.5. The minimum atomic E-state index is -0.950. The topological polar surface area (TPSA) is 85.9 Å². The SMILES string of the molecule is O=C(CNc1ccc(F)c(F)c1)NC1CCCN(c2ncnc3[nH]ccc23)C1. The van der Waals surface area contributed by atoms with E-state index in [9.17, 15) is 13.6 Å². The molecule has 1 aromatic carbocycles. The molecule has 0 bridgehead atoms. The van der Waals surface area contributed by atoms with E-state index in [-0.39, 0.29) is 18.5 Å². The summed E-state index contributed by atoms with van der Waals surface area (Å²) in [5, 5.41) is 6.76. The maximum absolute atomic E-state index is 13.2. The second kappa shape index (κ2) is 7.79. The molecule has 0 aliphatic carbocycles. The van der Waals surface area contributed by atoms with Crippen molar-refractivity contribution in [2.45, 2.75) is 18.9 Å². The molecule has 1 amide bonds. The van der Waals surface area contributed by atoms with Crippen LogP contribution in [0.4, 0.5) is 20.3 Å². The van der Waals surface area contributed by atoms with E-state index in [1.807, 2.05) is 12.3 Å². The lowest BCUT2D eigenvalue weighted by Crippen LogP contribution is -2.49. The molecule has 146 valence electrons. The van der Waals surface area contributed by atoms with Gasteiger partial charge in [-0.3, -0.25) is 4.79 Å². The molecule has 0 spiro atoms. The van der Waals surface area contributed by atoms with Crippen molar-refractivity contribution in [3.8, 4) is 0 Å². The summed E-state index contributed by atoms with van der Waals surface area (Å²) in [6.07, 6.45) is 5.16. The number of anilines is 2. The summed E-state index contributed by atoms with van der Waals surface area (Å²) >= 11 is 0. The second-order valence-corrected chi connectivity index (χ2v) is 6.77. The Labute approximate surface area is 160 Å². The van der Waals surface area contributed by atoms with E-state index in [0.717, 1.165) is 48.4 Å². The number of amides is 1. The Morgan fingerprint density at radius 1 is 1.25 bits per heavy atom. The molecule has 7 nitrogen and oxygen atoms in total. The van der Waals surface area contributed by atoms with Gasteiger partial charge in [-0.2, -0.15) is 0 Å². The monoisotopic (exact) mass is 386 g/mol. The Hall–Kier alpha value is -3.23. The number of nitrogens with one attached hydrogen (secondary N) is 3. The summed E-state index contributed by atoms with van der Waals surface area (Å²) < 4.78 is 26.2. The van der Waals surface area contributed by atoms with Gasteiger partial charge < -0.3 is 20.5 Å². The van der Waals surface area contributed by atoms with Crippen LogP contribution in [0.5, 0.6) is 0 Å². The Bertz CT molecular complexity index is 991. The van der Waals surface area contributed by atoms with Crippen LogP contribution < -0.4 is 15.5 Å². The lowest BCUT2D eigenvalue weighted by Gasteiger charge is -2.34. The van der Waals surface area contributed by atoms with E-state index in [1.54, 1.807) is 0 Å². The number of halogens is 2. The molecule has 4 rings (SSSR count). The quantitative estimate of drug-likeness (QED) is 0.627. The summed E-state index contributed by atoms with van der Waals surface area (Å²) in [7, 11) is 0. The number of fused-ring (bicyclic) bond motifs is 1. The third-order valence-corrected chi connectivity index (χ3v) is 4.79. The van der Waals surface area contributed by atoms with Crippen molar-refractivity contribution in [2.75, 3.05) is 29.9 Å². The van der Waals surface area contributed by atoms with E-state index in [0.29, 0.717) is 12.2 Å². The summed E-state index contributed by atoms with van der Waals surface area (Å²) in [5.41, 5.74) is 1.14. The molecule has 28 heavy (non-hydrogen) atoms. The number of aromatic amines is 1. The molecule has 0 saturated carbocycles. The van der Waals surface area contributed by atoms with Crippen molar-refractivity contribution in [2.24, 2.45) is 0 Å². The van der Waals surface area contributed by atoms with Gasteiger partial charge in [-0.1, -0.05) is 0 Å². The highest BCUT2D eigenvalue weighted by atomic mass is 19.2. The summed E-state index contributed by atoms with van der Waals surface area (Å²) in [6, 6.07) is 5.38. The van der Waals surface area contributed by atoms with Crippen molar-refractivity contribution >= 4 is 28.4 Å². The molecule has 1 fully saturated rings. The summed E-state index contributed by atoms with van der Waals surface area (Å²) in [6.45, 7) is 1.49. The van der Waals surface area contributed by atoms with Crippen LogP contribution in [0.1, 0.15) is 12.8 Å². The van der Waals surface area contributed by atoms with Crippen LogP contribution in [-0.2, 0) is 4.79 Å². The molecule has 3 heterocycles. The number of H-pyrrole nitrogens is 1. The van der Waals surface area contributed by atoms with E-state index in [4.69, 9.17) is 0 Å². The van der Waals surface area contributed by atoms with Crippen LogP contribution in [0.15, 0.2) is 36.8 Å². The first-order chi connectivity index (χ1) is 13.6. The van der Waals surface area contributed by atoms with E-state index in [1.165, 1.54) is 12.4 Å². The van der Waals surface area contributed by atoms with Gasteiger partial charge in [-0.05, 0) is 31.0 Å². The van der Waals surface area contributed by atoms with Crippen molar-refractivity contribution < 1.29 is 13.6 Å². The minimum Gasteiger partial charge on any atom is -0.376 e. The molecule has 2 aromatic heterocycles. The number of hydrogen-bond acceptors (Lipinski definition) is 5. The Morgan fingerprint density at radius 3 is 3.00 bits per heavy atom. The first kappa shape index (κ1) is 18.1. The smallest absolute Gasteiger partial charge is 0.239 e. The molecule has 3 aromatic rings. The normalized spacial score (nSPS) is 16.9. The maximum atomic E-state index is 13.2. The number of benzene rings is 1. The maximum Gasteiger partial charge on any atom is 0.239 e. The number of carbonyl (C=O) groups excluding carboxylic acids is 1. The fourth-order valence-corrected chi connectivity index (χ4v) is 3.47. The predicted molar refractivity (Wildman–Crippen MR) is 102 cm³/mol. The summed E-state index contributed by atoms with van der Waals surface area (Å²) in [4.78, 5) is 26.1. The van der Waals surface area contributed by atoms with Gasteiger partial charge in [0.1, 0.15) is 17.8 Å². The van der Waals surface area contributed by atoms with Gasteiger partial charge >= 0.3 is 0 Å². The number of carbonyl (C=O) groups is 1. The highest BCUT2D eigenvalue weighted by molar-refractivity contribution is 5.87. The van der Waals surface area contributed by atoms with Crippen molar-refractivity contribution in [3.63, 3.8) is 0 Å². The fourth-order valence-electron chi connectivity index (χ4n) is 3.47. The van der Waals surface area contributed by atoms with Gasteiger partial charge in [-0.25, -0.2) is 18.7 Å². The van der Waals surface area contributed by atoms with Crippen LogP contribution >= 0.6 is 0 Å². The summed E-state index contributed by atoms with van der Waals surface area (Å²) in [5.74, 6) is -1.22. The largest absolute Gasteiger partial charge is 0.376 e.